The van der Waals surface area contributed by atoms with Crippen LogP contribution in [0.4, 0.5) is 0 Å². The van der Waals surface area contributed by atoms with Crippen molar-refractivity contribution in [1.29, 1.82) is 0 Å². The van der Waals surface area contributed by atoms with Gasteiger partial charge in [0, 0.05) is 25.7 Å². The summed E-state index contributed by atoms with van der Waals surface area (Å²) < 4.78 is 31.1. The maximum absolute atomic E-state index is 11.5. The van der Waals surface area contributed by atoms with Crippen LogP contribution in [-0.2, 0) is 10.0 Å². The van der Waals surface area contributed by atoms with E-state index < -0.39 is 15.6 Å². The van der Waals surface area contributed by atoms with Crippen LogP contribution in [0.3, 0.4) is 0 Å². The molecule has 3 N–H and O–H groups in total. The SMILES string of the molecule is CN=C(NCC(c1ccco1)N1CCCC1)NCC(C)(C)NS(C)(=O)=O.I. The number of halogens is 1. The summed E-state index contributed by atoms with van der Waals surface area (Å²) in [4.78, 5) is 6.65. The Morgan fingerprint density at radius 3 is 2.52 bits per heavy atom. The summed E-state index contributed by atoms with van der Waals surface area (Å²) >= 11 is 0. The Morgan fingerprint density at radius 2 is 2.00 bits per heavy atom. The van der Waals surface area contributed by atoms with Gasteiger partial charge in [-0.1, -0.05) is 0 Å². The third kappa shape index (κ3) is 8.36. The van der Waals surface area contributed by atoms with Crippen LogP contribution < -0.4 is 15.4 Å². The van der Waals surface area contributed by atoms with E-state index in [4.69, 9.17) is 4.42 Å². The first kappa shape index (κ1) is 24.2. The minimum atomic E-state index is -3.27. The Labute approximate surface area is 179 Å². The Bertz CT molecular complexity index is 685. The first-order valence-corrected chi connectivity index (χ1v) is 10.8. The smallest absolute Gasteiger partial charge is 0.209 e. The van der Waals surface area contributed by atoms with Gasteiger partial charge in [0.25, 0.3) is 0 Å². The van der Waals surface area contributed by atoms with Crippen molar-refractivity contribution in [1.82, 2.24) is 20.3 Å². The molecule has 0 amide bonds. The number of sulfonamides is 1. The predicted octanol–water partition coefficient (Wildman–Crippen LogP) is 1.53. The third-order valence-corrected chi connectivity index (χ3v) is 5.22. The van der Waals surface area contributed by atoms with E-state index in [2.05, 4.69) is 25.2 Å². The molecule has 1 aromatic heterocycles. The zero-order chi connectivity index (χ0) is 19.2. The number of furan rings is 1. The molecule has 0 aliphatic carbocycles. The largest absolute Gasteiger partial charge is 0.468 e. The summed E-state index contributed by atoms with van der Waals surface area (Å²) in [5, 5.41) is 6.52. The number of nitrogens with one attached hydrogen (secondary N) is 3. The van der Waals surface area contributed by atoms with Gasteiger partial charge in [0.1, 0.15) is 5.76 Å². The number of hydrogen-bond acceptors (Lipinski definition) is 5. The highest BCUT2D eigenvalue weighted by Crippen LogP contribution is 2.24. The van der Waals surface area contributed by atoms with Crippen LogP contribution in [0.5, 0.6) is 0 Å². The molecule has 10 heteroatoms. The van der Waals surface area contributed by atoms with Gasteiger partial charge < -0.3 is 15.1 Å². The molecule has 1 aliphatic heterocycles. The second-order valence-electron chi connectivity index (χ2n) is 7.34. The third-order valence-electron chi connectivity index (χ3n) is 4.30. The van der Waals surface area contributed by atoms with E-state index in [0.717, 1.165) is 25.1 Å². The van der Waals surface area contributed by atoms with Gasteiger partial charge in [-0.15, -0.1) is 24.0 Å². The van der Waals surface area contributed by atoms with E-state index >= 15 is 0 Å². The van der Waals surface area contributed by atoms with Crippen LogP contribution in [0.2, 0.25) is 0 Å². The fraction of sp³-hybridized carbons (Fsp3) is 0.706. The summed E-state index contributed by atoms with van der Waals surface area (Å²) in [7, 11) is -1.57. The van der Waals surface area contributed by atoms with Gasteiger partial charge in [0.2, 0.25) is 10.0 Å². The number of rotatable bonds is 8. The molecular weight excluding hydrogens is 481 g/mol. The van der Waals surface area contributed by atoms with Crippen molar-refractivity contribution in [3.05, 3.63) is 24.2 Å². The molecule has 27 heavy (non-hydrogen) atoms. The molecule has 156 valence electrons. The molecule has 0 bridgehead atoms. The molecule has 0 spiro atoms. The van der Waals surface area contributed by atoms with Gasteiger partial charge in [0.15, 0.2) is 5.96 Å². The van der Waals surface area contributed by atoms with E-state index in [9.17, 15) is 8.42 Å². The van der Waals surface area contributed by atoms with Gasteiger partial charge in [-0.2, -0.15) is 0 Å². The van der Waals surface area contributed by atoms with Crippen LogP contribution in [0, 0.1) is 0 Å². The van der Waals surface area contributed by atoms with Crippen LogP contribution in [-0.4, -0.2) is 64.3 Å². The van der Waals surface area contributed by atoms with Gasteiger partial charge in [-0.05, 0) is 51.9 Å². The summed E-state index contributed by atoms with van der Waals surface area (Å²) in [5.41, 5.74) is -0.624. The van der Waals surface area contributed by atoms with Crippen LogP contribution in [0.25, 0.3) is 0 Å². The molecular formula is C17H32IN5O3S. The van der Waals surface area contributed by atoms with Crippen LogP contribution in [0.15, 0.2) is 27.8 Å². The number of likely N-dealkylation sites (tertiary alicyclic amines) is 1. The molecule has 1 saturated heterocycles. The second-order valence-corrected chi connectivity index (χ2v) is 9.09. The lowest BCUT2D eigenvalue weighted by Crippen LogP contribution is -2.53. The normalized spacial score (nSPS) is 17.4. The van der Waals surface area contributed by atoms with Gasteiger partial charge in [-0.3, -0.25) is 9.89 Å². The monoisotopic (exact) mass is 513 g/mol. The Morgan fingerprint density at radius 1 is 1.33 bits per heavy atom. The minimum absolute atomic E-state index is 0. The van der Waals surface area contributed by atoms with E-state index in [1.54, 1.807) is 13.3 Å². The maximum Gasteiger partial charge on any atom is 0.209 e. The lowest BCUT2D eigenvalue weighted by molar-refractivity contribution is 0.215. The van der Waals surface area contributed by atoms with Crippen molar-refractivity contribution in [3.63, 3.8) is 0 Å². The van der Waals surface area contributed by atoms with E-state index in [1.807, 2.05) is 26.0 Å². The topological polar surface area (TPSA) is 99.0 Å². The fourth-order valence-corrected chi connectivity index (χ4v) is 4.28. The van der Waals surface area contributed by atoms with Crippen molar-refractivity contribution < 1.29 is 12.8 Å². The molecule has 1 aromatic rings. The fourth-order valence-electron chi connectivity index (χ4n) is 3.20. The number of nitrogens with zero attached hydrogens (tertiary/aromatic N) is 2. The summed E-state index contributed by atoms with van der Waals surface area (Å²) in [6.45, 7) is 6.84. The summed E-state index contributed by atoms with van der Waals surface area (Å²) in [6, 6.07) is 4.05. The Kier molecular flexibility index (Phi) is 9.52. The average molecular weight is 513 g/mol. The molecule has 8 nitrogen and oxygen atoms in total. The minimum Gasteiger partial charge on any atom is -0.468 e. The molecule has 1 fully saturated rings. The molecule has 2 heterocycles. The maximum atomic E-state index is 11.5. The Balaban J connectivity index is 0.00000364. The van der Waals surface area contributed by atoms with Crippen LogP contribution >= 0.6 is 24.0 Å². The summed E-state index contributed by atoms with van der Waals surface area (Å²) in [5.74, 6) is 1.57. The highest BCUT2D eigenvalue weighted by molar-refractivity contribution is 14.0. The van der Waals surface area contributed by atoms with Crippen molar-refractivity contribution in [2.45, 2.75) is 38.3 Å². The van der Waals surface area contributed by atoms with Crippen molar-refractivity contribution in [2.75, 3.05) is 39.5 Å². The Hall–Kier alpha value is -0.850. The second kappa shape index (κ2) is 10.6. The van der Waals surface area contributed by atoms with Gasteiger partial charge in [0.05, 0.1) is 18.6 Å². The van der Waals surface area contributed by atoms with E-state index in [-0.39, 0.29) is 30.0 Å². The zero-order valence-corrected chi connectivity index (χ0v) is 19.6. The predicted molar refractivity (Wildman–Crippen MR) is 119 cm³/mol. The number of guanidine groups is 1. The molecule has 1 atom stereocenters. The standard InChI is InChI=1S/C17H31N5O3S.HI/c1-17(2,21-26(4,23)24)13-20-16(18-3)19-12-14(15-8-7-11-25-15)22-9-5-6-10-22;/h7-8,11,14,21H,5-6,9-10,12-13H2,1-4H3,(H2,18,19,20);1H. The highest BCUT2D eigenvalue weighted by atomic mass is 127. The average Bonchev–Trinajstić information content (AvgIpc) is 3.22. The van der Waals surface area contributed by atoms with Crippen molar-refractivity contribution in [3.8, 4) is 0 Å². The molecule has 0 saturated carbocycles. The first-order valence-electron chi connectivity index (χ1n) is 8.91. The quantitative estimate of drug-likeness (QED) is 0.277. The molecule has 1 aliphatic rings. The van der Waals surface area contributed by atoms with Crippen molar-refractivity contribution >= 4 is 40.0 Å². The molecule has 2 rings (SSSR count). The molecule has 0 radical (unpaired) electrons. The van der Waals surface area contributed by atoms with E-state index in [1.165, 1.54) is 12.8 Å². The highest BCUT2D eigenvalue weighted by Gasteiger charge is 2.26. The first-order chi connectivity index (χ1) is 12.2. The van der Waals surface area contributed by atoms with Crippen molar-refractivity contribution in [2.24, 2.45) is 4.99 Å². The van der Waals surface area contributed by atoms with Gasteiger partial charge >= 0.3 is 0 Å². The lowest BCUT2D eigenvalue weighted by Gasteiger charge is -2.28. The zero-order valence-electron chi connectivity index (χ0n) is 16.5. The number of hydrogen-bond donors (Lipinski definition) is 3. The lowest BCUT2D eigenvalue weighted by atomic mass is 10.1. The molecule has 0 aromatic carbocycles. The van der Waals surface area contributed by atoms with Gasteiger partial charge in [-0.25, -0.2) is 13.1 Å². The molecule has 1 unspecified atom stereocenters. The van der Waals surface area contributed by atoms with Crippen LogP contribution in [0.1, 0.15) is 38.5 Å². The number of aliphatic imine (C=N–C) groups is 1. The van der Waals surface area contributed by atoms with E-state index in [0.29, 0.717) is 19.0 Å². The summed E-state index contributed by atoms with van der Waals surface area (Å²) in [6.07, 6.45) is 5.27.